The highest BCUT2D eigenvalue weighted by atomic mass is 127. The minimum atomic E-state index is 0.439. The van der Waals surface area contributed by atoms with Gasteiger partial charge in [0.25, 0.3) is 0 Å². The van der Waals surface area contributed by atoms with Gasteiger partial charge in [-0.25, -0.2) is 0 Å². The fourth-order valence-electron chi connectivity index (χ4n) is 1.53. The van der Waals surface area contributed by atoms with Crippen LogP contribution in [0.25, 0.3) is 0 Å². The highest BCUT2D eigenvalue weighted by Gasteiger charge is 2.10. The summed E-state index contributed by atoms with van der Waals surface area (Å²) in [6.45, 7) is 6.23. The maximum absolute atomic E-state index is 9.66. The van der Waals surface area contributed by atoms with Gasteiger partial charge in [0.2, 0.25) is 0 Å². The van der Waals surface area contributed by atoms with Crippen molar-refractivity contribution >= 4 is 22.6 Å². The van der Waals surface area contributed by atoms with Crippen molar-refractivity contribution in [2.75, 3.05) is 0 Å². The van der Waals surface area contributed by atoms with Crippen molar-refractivity contribution in [3.8, 4) is 5.75 Å². The zero-order chi connectivity index (χ0) is 10.0. The summed E-state index contributed by atoms with van der Waals surface area (Å²) in [4.78, 5) is 0. The summed E-state index contributed by atoms with van der Waals surface area (Å²) < 4.78 is 1.32. The van der Waals surface area contributed by atoms with E-state index >= 15 is 0 Å². The predicted molar refractivity (Wildman–Crippen MR) is 64.3 cm³/mol. The molecule has 0 heterocycles. The van der Waals surface area contributed by atoms with Gasteiger partial charge in [0.05, 0.1) is 0 Å². The molecule has 1 aromatic rings. The molecule has 13 heavy (non-hydrogen) atoms. The second kappa shape index (κ2) is 4.31. The van der Waals surface area contributed by atoms with Crippen molar-refractivity contribution in [2.24, 2.45) is 0 Å². The Labute approximate surface area is 93.3 Å². The summed E-state index contributed by atoms with van der Waals surface area (Å²) in [5.41, 5.74) is 3.57. The third-order valence-corrected chi connectivity index (χ3v) is 3.77. The third kappa shape index (κ3) is 1.98. The molecule has 2 heteroatoms. The van der Waals surface area contributed by atoms with E-state index in [-0.39, 0.29) is 0 Å². The number of phenolic OH excluding ortho intramolecular Hbond substituents is 1. The van der Waals surface area contributed by atoms with Crippen molar-refractivity contribution < 1.29 is 5.11 Å². The highest BCUT2D eigenvalue weighted by Crippen LogP contribution is 2.29. The summed E-state index contributed by atoms with van der Waals surface area (Å²) in [6.07, 6.45) is 1.98. The van der Waals surface area contributed by atoms with E-state index in [1.54, 1.807) is 0 Å². The smallest absolute Gasteiger partial charge is 0.119 e. The number of aromatic hydroxyl groups is 1. The molecule has 1 nitrogen and oxygen atoms in total. The SMILES string of the molecule is CCc1cc(O)c(C)c(CC)c1I. The van der Waals surface area contributed by atoms with Crippen LogP contribution in [0.1, 0.15) is 30.5 Å². The number of phenols is 1. The van der Waals surface area contributed by atoms with Crippen LogP contribution in [-0.2, 0) is 12.8 Å². The van der Waals surface area contributed by atoms with Gasteiger partial charge >= 0.3 is 0 Å². The van der Waals surface area contributed by atoms with Crippen molar-refractivity contribution in [1.29, 1.82) is 0 Å². The van der Waals surface area contributed by atoms with Crippen LogP contribution in [0.3, 0.4) is 0 Å². The lowest BCUT2D eigenvalue weighted by molar-refractivity contribution is 0.469. The van der Waals surface area contributed by atoms with Gasteiger partial charge in [-0.15, -0.1) is 0 Å². The Morgan fingerprint density at radius 2 is 1.92 bits per heavy atom. The first-order valence-electron chi connectivity index (χ1n) is 4.61. The molecular weight excluding hydrogens is 275 g/mol. The van der Waals surface area contributed by atoms with Gasteiger partial charge < -0.3 is 5.11 Å². The van der Waals surface area contributed by atoms with E-state index < -0.39 is 0 Å². The lowest BCUT2D eigenvalue weighted by Crippen LogP contribution is -1.97. The van der Waals surface area contributed by atoms with E-state index in [0.717, 1.165) is 18.4 Å². The molecule has 1 rings (SSSR count). The maximum Gasteiger partial charge on any atom is 0.119 e. The van der Waals surface area contributed by atoms with E-state index in [2.05, 4.69) is 36.4 Å². The molecule has 0 unspecified atom stereocenters. The van der Waals surface area contributed by atoms with E-state index in [1.165, 1.54) is 14.7 Å². The Morgan fingerprint density at radius 1 is 1.31 bits per heavy atom. The van der Waals surface area contributed by atoms with Gasteiger partial charge in [-0.05, 0) is 65.1 Å². The standard InChI is InChI=1S/C11H15IO/c1-4-8-6-10(13)7(3)9(5-2)11(8)12/h6,13H,4-5H2,1-3H3. The third-order valence-electron chi connectivity index (χ3n) is 2.43. The molecule has 0 aliphatic carbocycles. The molecule has 72 valence electrons. The van der Waals surface area contributed by atoms with Crippen LogP contribution in [0.5, 0.6) is 5.75 Å². The van der Waals surface area contributed by atoms with E-state index in [0.29, 0.717) is 5.75 Å². The minimum Gasteiger partial charge on any atom is -0.508 e. The predicted octanol–water partition coefficient (Wildman–Crippen LogP) is 3.43. The molecule has 1 N–H and O–H groups in total. The van der Waals surface area contributed by atoms with Gasteiger partial charge in [0.1, 0.15) is 5.75 Å². The van der Waals surface area contributed by atoms with Gasteiger partial charge in [-0.3, -0.25) is 0 Å². The quantitative estimate of drug-likeness (QED) is 0.827. The molecule has 0 amide bonds. The molecule has 0 bridgehead atoms. The average molecular weight is 290 g/mol. The number of halogens is 1. The summed E-state index contributed by atoms with van der Waals surface area (Å²) in [5.74, 6) is 0.439. The van der Waals surface area contributed by atoms with Crippen LogP contribution in [0.4, 0.5) is 0 Å². The normalized spacial score (nSPS) is 10.5. The van der Waals surface area contributed by atoms with E-state index in [4.69, 9.17) is 0 Å². The van der Waals surface area contributed by atoms with Crippen LogP contribution >= 0.6 is 22.6 Å². The molecule has 0 saturated heterocycles. The minimum absolute atomic E-state index is 0.439. The van der Waals surface area contributed by atoms with Crippen LogP contribution in [-0.4, -0.2) is 5.11 Å². The number of benzene rings is 1. The Bertz CT molecular complexity index is 318. The fraction of sp³-hybridized carbons (Fsp3) is 0.455. The van der Waals surface area contributed by atoms with E-state index in [9.17, 15) is 5.11 Å². The van der Waals surface area contributed by atoms with Gasteiger partial charge in [-0.2, -0.15) is 0 Å². The molecule has 0 aromatic heterocycles. The zero-order valence-corrected chi connectivity index (χ0v) is 10.5. The first kappa shape index (κ1) is 10.8. The molecule has 0 spiro atoms. The zero-order valence-electron chi connectivity index (χ0n) is 8.32. The Morgan fingerprint density at radius 3 is 2.38 bits per heavy atom. The summed E-state index contributed by atoms with van der Waals surface area (Å²) in [7, 11) is 0. The Balaban J connectivity index is 3.39. The van der Waals surface area contributed by atoms with Gasteiger partial charge in [-0.1, -0.05) is 13.8 Å². The van der Waals surface area contributed by atoms with Crippen LogP contribution in [0.15, 0.2) is 6.07 Å². The van der Waals surface area contributed by atoms with Crippen LogP contribution in [0, 0.1) is 10.5 Å². The van der Waals surface area contributed by atoms with Crippen molar-refractivity contribution in [3.05, 3.63) is 26.3 Å². The molecule has 0 fully saturated rings. The van der Waals surface area contributed by atoms with Crippen molar-refractivity contribution in [3.63, 3.8) is 0 Å². The molecule has 0 aliphatic rings. The molecule has 1 aromatic carbocycles. The largest absolute Gasteiger partial charge is 0.508 e. The van der Waals surface area contributed by atoms with Gasteiger partial charge in [0.15, 0.2) is 0 Å². The molecule has 0 saturated carbocycles. The number of hydrogen-bond donors (Lipinski definition) is 1. The van der Waals surface area contributed by atoms with Crippen LogP contribution < -0.4 is 0 Å². The lowest BCUT2D eigenvalue weighted by Gasteiger charge is -2.12. The summed E-state index contributed by atoms with van der Waals surface area (Å²) in [6, 6.07) is 1.89. The topological polar surface area (TPSA) is 20.2 Å². The average Bonchev–Trinajstić information content (AvgIpc) is 2.12. The molecule has 0 radical (unpaired) electrons. The number of hydrogen-bond acceptors (Lipinski definition) is 1. The molecular formula is C11H15IO. The monoisotopic (exact) mass is 290 g/mol. The van der Waals surface area contributed by atoms with Crippen LogP contribution in [0.2, 0.25) is 0 Å². The lowest BCUT2D eigenvalue weighted by atomic mass is 10.0. The number of rotatable bonds is 2. The Hall–Kier alpha value is -0.250. The maximum atomic E-state index is 9.66. The highest BCUT2D eigenvalue weighted by molar-refractivity contribution is 14.1. The first-order valence-corrected chi connectivity index (χ1v) is 5.69. The summed E-state index contributed by atoms with van der Waals surface area (Å²) >= 11 is 2.37. The number of aryl methyl sites for hydroxylation is 1. The first-order chi connectivity index (χ1) is 6.11. The Kier molecular flexibility index (Phi) is 3.59. The molecule has 0 atom stereocenters. The molecule has 0 aliphatic heterocycles. The van der Waals surface area contributed by atoms with Gasteiger partial charge in [0, 0.05) is 3.57 Å². The summed E-state index contributed by atoms with van der Waals surface area (Å²) in [5, 5.41) is 9.66. The van der Waals surface area contributed by atoms with Crippen molar-refractivity contribution in [2.45, 2.75) is 33.6 Å². The second-order valence-corrected chi connectivity index (χ2v) is 4.26. The van der Waals surface area contributed by atoms with Crippen molar-refractivity contribution in [1.82, 2.24) is 0 Å². The van der Waals surface area contributed by atoms with E-state index in [1.807, 2.05) is 13.0 Å². The second-order valence-electron chi connectivity index (χ2n) is 3.18. The fourth-order valence-corrected chi connectivity index (χ4v) is 2.85.